The van der Waals surface area contributed by atoms with Crippen molar-refractivity contribution in [2.75, 3.05) is 0 Å². The number of hydrogen-bond acceptors (Lipinski definition) is 3. The maximum Gasteiger partial charge on any atom is 0.307 e. The molecule has 6 heteroatoms. The van der Waals surface area contributed by atoms with Crippen molar-refractivity contribution in [1.82, 2.24) is 0 Å². The third-order valence-electron chi connectivity index (χ3n) is 1.58. The second-order valence-corrected chi connectivity index (χ2v) is 4.19. The van der Waals surface area contributed by atoms with Crippen LogP contribution >= 0.6 is 31.9 Å². The molecule has 0 saturated heterocycles. The Hall–Kier alpha value is -0.750. The average molecular weight is 326 g/mol. The fraction of sp³-hybridized carbons (Fsp3) is 0.125. The van der Waals surface area contributed by atoms with E-state index in [2.05, 4.69) is 31.9 Å². The number of aliphatic carboxylic acids is 1. The summed E-state index contributed by atoms with van der Waals surface area (Å²) in [5.74, 6) is -1.38. The van der Waals surface area contributed by atoms with Crippen molar-refractivity contribution in [3.8, 4) is 11.5 Å². The van der Waals surface area contributed by atoms with Gasteiger partial charge in [0.05, 0.1) is 15.4 Å². The summed E-state index contributed by atoms with van der Waals surface area (Å²) in [5.41, 5.74) is 0.157. The lowest BCUT2D eigenvalue weighted by Crippen LogP contribution is -2.00. The number of carboxylic acids is 1. The molecule has 1 aromatic carbocycles. The van der Waals surface area contributed by atoms with Crippen LogP contribution in [-0.4, -0.2) is 21.3 Å². The molecule has 0 radical (unpaired) electrons. The van der Waals surface area contributed by atoms with E-state index in [-0.39, 0.29) is 28.0 Å². The van der Waals surface area contributed by atoms with E-state index < -0.39 is 5.97 Å². The Morgan fingerprint density at radius 2 is 1.86 bits per heavy atom. The monoisotopic (exact) mass is 324 g/mol. The number of phenols is 2. The van der Waals surface area contributed by atoms with Gasteiger partial charge in [0, 0.05) is 5.56 Å². The average Bonchev–Trinajstić information content (AvgIpc) is 2.10. The Kier molecular flexibility index (Phi) is 3.38. The standard InChI is InChI=1S/C8H6Br2O4/c9-6-4(11)1-3(2-5(12)13)8(14)7(6)10/h1,11,14H,2H2,(H,12,13). The van der Waals surface area contributed by atoms with Crippen molar-refractivity contribution in [3.63, 3.8) is 0 Å². The van der Waals surface area contributed by atoms with Crippen LogP contribution in [0, 0.1) is 0 Å². The van der Waals surface area contributed by atoms with E-state index in [1.807, 2.05) is 0 Å². The van der Waals surface area contributed by atoms with Gasteiger partial charge in [-0.1, -0.05) is 0 Å². The summed E-state index contributed by atoms with van der Waals surface area (Å²) in [6, 6.07) is 1.21. The van der Waals surface area contributed by atoms with Crippen LogP contribution in [0.4, 0.5) is 0 Å². The topological polar surface area (TPSA) is 77.8 Å². The molecule has 0 atom stereocenters. The van der Waals surface area contributed by atoms with Gasteiger partial charge in [0.2, 0.25) is 0 Å². The van der Waals surface area contributed by atoms with Gasteiger partial charge in [0.25, 0.3) is 0 Å². The smallest absolute Gasteiger partial charge is 0.307 e. The third-order valence-corrected chi connectivity index (χ3v) is 3.69. The lowest BCUT2D eigenvalue weighted by atomic mass is 10.1. The van der Waals surface area contributed by atoms with Crippen LogP contribution in [0.5, 0.6) is 11.5 Å². The molecule has 0 saturated carbocycles. The summed E-state index contributed by atoms with van der Waals surface area (Å²) >= 11 is 6.05. The molecule has 76 valence electrons. The molecule has 4 nitrogen and oxygen atoms in total. The second-order valence-electron chi connectivity index (χ2n) is 2.60. The summed E-state index contributed by atoms with van der Waals surface area (Å²) in [6.07, 6.45) is -0.342. The first-order chi connectivity index (χ1) is 6.43. The number of carbonyl (C=O) groups is 1. The SMILES string of the molecule is O=C(O)Cc1cc(O)c(Br)c(Br)c1O. The van der Waals surface area contributed by atoms with Crippen molar-refractivity contribution in [2.24, 2.45) is 0 Å². The van der Waals surface area contributed by atoms with Crippen LogP contribution in [0.15, 0.2) is 15.0 Å². The quantitative estimate of drug-likeness (QED) is 0.729. The Morgan fingerprint density at radius 3 is 2.36 bits per heavy atom. The van der Waals surface area contributed by atoms with Gasteiger partial charge < -0.3 is 15.3 Å². The predicted octanol–water partition coefficient (Wildman–Crippen LogP) is 2.25. The summed E-state index contributed by atoms with van der Waals surface area (Å²) in [7, 11) is 0. The zero-order chi connectivity index (χ0) is 10.9. The van der Waals surface area contributed by atoms with Gasteiger partial charge in [-0.25, -0.2) is 0 Å². The van der Waals surface area contributed by atoms with Crippen LogP contribution in [0.3, 0.4) is 0 Å². The van der Waals surface area contributed by atoms with E-state index in [0.29, 0.717) is 4.47 Å². The van der Waals surface area contributed by atoms with Crippen LogP contribution < -0.4 is 0 Å². The molecule has 0 unspecified atom stereocenters. The molecule has 0 spiro atoms. The van der Waals surface area contributed by atoms with Gasteiger partial charge in [0.15, 0.2) is 0 Å². The molecule has 14 heavy (non-hydrogen) atoms. The van der Waals surface area contributed by atoms with Crippen LogP contribution in [0.25, 0.3) is 0 Å². The first-order valence-corrected chi connectivity index (χ1v) is 5.12. The van der Waals surface area contributed by atoms with E-state index >= 15 is 0 Å². The van der Waals surface area contributed by atoms with Crippen molar-refractivity contribution >= 4 is 37.8 Å². The molecular weight excluding hydrogens is 320 g/mol. The summed E-state index contributed by atoms with van der Waals surface area (Å²) < 4.78 is 0.540. The molecule has 0 aliphatic carbocycles. The number of phenolic OH excluding ortho intramolecular Hbond substituents is 2. The molecule has 0 heterocycles. The molecule has 0 aromatic heterocycles. The Morgan fingerprint density at radius 1 is 1.29 bits per heavy atom. The van der Waals surface area contributed by atoms with Crippen molar-refractivity contribution < 1.29 is 20.1 Å². The Labute approximate surface area is 96.4 Å². The highest BCUT2D eigenvalue weighted by Gasteiger charge is 2.15. The second kappa shape index (κ2) is 4.18. The van der Waals surface area contributed by atoms with Gasteiger partial charge in [-0.05, 0) is 37.9 Å². The van der Waals surface area contributed by atoms with Gasteiger partial charge in [-0.3, -0.25) is 4.79 Å². The summed E-state index contributed by atoms with van der Waals surface area (Å²) in [6.45, 7) is 0. The van der Waals surface area contributed by atoms with Crippen molar-refractivity contribution in [2.45, 2.75) is 6.42 Å². The van der Waals surface area contributed by atoms with E-state index in [9.17, 15) is 15.0 Å². The molecule has 0 aliphatic heterocycles. The van der Waals surface area contributed by atoms with Crippen LogP contribution in [0.1, 0.15) is 5.56 Å². The fourth-order valence-electron chi connectivity index (χ4n) is 0.952. The maximum absolute atomic E-state index is 10.4. The van der Waals surface area contributed by atoms with Gasteiger partial charge in [-0.15, -0.1) is 0 Å². The lowest BCUT2D eigenvalue weighted by molar-refractivity contribution is -0.136. The van der Waals surface area contributed by atoms with E-state index in [4.69, 9.17) is 5.11 Å². The van der Waals surface area contributed by atoms with Crippen molar-refractivity contribution in [3.05, 3.63) is 20.6 Å². The molecule has 1 aromatic rings. The predicted molar refractivity (Wildman–Crippen MR) is 56.5 cm³/mol. The fourth-order valence-corrected chi connectivity index (χ4v) is 1.71. The molecule has 0 bridgehead atoms. The summed E-state index contributed by atoms with van der Waals surface area (Å²) in [4.78, 5) is 10.4. The third kappa shape index (κ3) is 2.19. The molecule has 0 amide bonds. The number of benzene rings is 1. The van der Waals surface area contributed by atoms with Gasteiger partial charge in [0.1, 0.15) is 11.5 Å². The highest BCUT2D eigenvalue weighted by Crippen LogP contribution is 2.40. The minimum absolute atomic E-state index is 0.120. The minimum atomic E-state index is -1.08. The van der Waals surface area contributed by atoms with E-state index in [1.54, 1.807) is 0 Å². The molecule has 0 fully saturated rings. The van der Waals surface area contributed by atoms with Crippen LogP contribution in [-0.2, 0) is 11.2 Å². The number of aromatic hydroxyl groups is 2. The highest BCUT2D eigenvalue weighted by molar-refractivity contribution is 9.13. The maximum atomic E-state index is 10.4. The lowest BCUT2D eigenvalue weighted by Gasteiger charge is -2.07. The Balaban J connectivity index is 3.25. The number of rotatable bonds is 2. The normalized spacial score (nSPS) is 10.1. The number of carboxylic acid groups (broad SMARTS) is 1. The molecular formula is C8H6Br2O4. The Bertz CT molecular complexity index is 389. The summed E-state index contributed by atoms with van der Waals surface area (Å²) in [5, 5.41) is 27.4. The molecule has 0 aliphatic rings. The molecule has 1 rings (SSSR count). The van der Waals surface area contributed by atoms with E-state index in [0.717, 1.165) is 0 Å². The zero-order valence-corrected chi connectivity index (χ0v) is 9.96. The number of halogens is 2. The molecule has 3 N–H and O–H groups in total. The van der Waals surface area contributed by atoms with Crippen LogP contribution in [0.2, 0.25) is 0 Å². The van der Waals surface area contributed by atoms with Gasteiger partial charge in [-0.2, -0.15) is 0 Å². The largest absolute Gasteiger partial charge is 0.507 e. The minimum Gasteiger partial charge on any atom is -0.507 e. The van der Waals surface area contributed by atoms with E-state index in [1.165, 1.54) is 6.07 Å². The van der Waals surface area contributed by atoms with Gasteiger partial charge >= 0.3 is 5.97 Å². The zero-order valence-electron chi connectivity index (χ0n) is 6.79. The first kappa shape index (κ1) is 11.3. The highest BCUT2D eigenvalue weighted by atomic mass is 79.9. The number of hydrogen-bond donors (Lipinski definition) is 3. The van der Waals surface area contributed by atoms with Crippen molar-refractivity contribution in [1.29, 1.82) is 0 Å². The first-order valence-electron chi connectivity index (χ1n) is 3.54.